The first-order valence-electron chi connectivity index (χ1n) is 14.2. The molecule has 3 aromatic rings. The van der Waals surface area contributed by atoms with Gasteiger partial charge in [-0.1, -0.05) is 6.42 Å². The van der Waals surface area contributed by atoms with Crippen molar-refractivity contribution in [2.75, 3.05) is 35.2 Å². The molecule has 2 fully saturated rings. The Morgan fingerprint density at radius 1 is 1.10 bits per heavy atom. The maximum atomic E-state index is 14.8. The molecule has 0 aromatic carbocycles. The fourth-order valence-corrected chi connectivity index (χ4v) is 5.15. The van der Waals surface area contributed by atoms with E-state index in [1.165, 1.54) is 0 Å². The molecule has 1 atom stereocenters. The van der Waals surface area contributed by atoms with Gasteiger partial charge in [-0.2, -0.15) is 10.1 Å². The molecule has 0 bridgehead atoms. The molecule has 0 spiro atoms. The van der Waals surface area contributed by atoms with Crippen molar-refractivity contribution in [3.8, 4) is 0 Å². The molecule has 4 heterocycles. The molecule has 1 unspecified atom stereocenters. The van der Waals surface area contributed by atoms with E-state index in [4.69, 9.17) is 9.72 Å². The molecule has 3 aromatic heterocycles. The molecule has 41 heavy (non-hydrogen) atoms. The summed E-state index contributed by atoms with van der Waals surface area (Å²) >= 11 is 0. The van der Waals surface area contributed by atoms with Crippen molar-refractivity contribution in [2.24, 2.45) is 7.05 Å². The molecule has 1 saturated heterocycles. The Balaban J connectivity index is 1.41. The van der Waals surface area contributed by atoms with Crippen molar-refractivity contribution >= 4 is 35.2 Å². The lowest BCUT2D eigenvalue weighted by atomic mass is 9.80. The van der Waals surface area contributed by atoms with Crippen LogP contribution >= 0.6 is 0 Å². The van der Waals surface area contributed by atoms with Gasteiger partial charge < -0.3 is 25.2 Å². The molecule has 5 rings (SSSR count). The molecular formula is C29H40FN9O2. The third-order valence-corrected chi connectivity index (χ3v) is 7.66. The Labute approximate surface area is 240 Å². The first-order chi connectivity index (χ1) is 19.4. The number of nitrogens with zero attached hydrogens (tertiary/aromatic N) is 7. The summed E-state index contributed by atoms with van der Waals surface area (Å²) in [4.78, 5) is 30.5. The lowest BCUT2D eigenvalue weighted by Crippen LogP contribution is -2.55. The minimum atomic E-state index is -0.556. The molecule has 2 N–H and O–H groups in total. The number of piperazine rings is 1. The van der Waals surface area contributed by atoms with Gasteiger partial charge in [0.2, 0.25) is 5.95 Å². The summed E-state index contributed by atoms with van der Waals surface area (Å²) in [6.45, 7) is 12.9. The highest BCUT2D eigenvalue weighted by Gasteiger charge is 2.32. The first-order valence-corrected chi connectivity index (χ1v) is 14.2. The number of nitrogens with one attached hydrogen (secondary N) is 2. The predicted octanol–water partition coefficient (Wildman–Crippen LogP) is 5.56. The van der Waals surface area contributed by atoms with Crippen LogP contribution in [0.2, 0.25) is 0 Å². The number of pyridine rings is 1. The second-order valence-corrected chi connectivity index (χ2v) is 12.1. The van der Waals surface area contributed by atoms with Gasteiger partial charge in [0, 0.05) is 44.5 Å². The Morgan fingerprint density at radius 3 is 2.46 bits per heavy atom. The smallest absolute Gasteiger partial charge is 0.410 e. The van der Waals surface area contributed by atoms with E-state index in [1.807, 2.05) is 47.7 Å². The number of ether oxygens (including phenoxy) is 1. The molecule has 12 heteroatoms. The largest absolute Gasteiger partial charge is 0.444 e. The van der Waals surface area contributed by atoms with E-state index in [0.29, 0.717) is 54.3 Å². The van der Waals surface area contributed by atoms with Gasteiger partial charge in [-0.05, 0) is 71.9 Å². The van der Waals surface area contributed by atoms with Crippen LogP contribution in [-0.4, -0.2) is 67.0 Å². The number of hydrogen-bond donors (Lipinski definition) is 2. The van der Waals surface area contributed by atoms with Gasteiger partial charge in [0.15, 0.2) is 11.6 Å². The number of carbonyl (C=O) groups excluding carboxylic acids is 1. The fourth-order valence-electron chi connectivity index (χ4n) is 5.15. The number of carbonyl (C=O) groups is 1. The Morgan fingerprint density at radius 2 is 1.85 bits per heavy atom. The van der Waals surface area contributed by atoms with E-state index in [1.54, 1.807) is 28.8 Å². The third-order valence-electron chi connectivity index (χ3n) is 7.66. The van der Waals surface area contributed by atoms with Gasteiger partial charge in [-0.15, -0.1) is 0 Å². The van der Waals surface area contributed by atoms with Crippen LogP contribution in [0.5, 0.6) is 0 Å². The molecule has 1 saturated carbocycles. The summed E-state index contributed by atoms with van der Waals surface area (Å²) in [7, 11) is 1.88. The highest BCUT2D eigenvalue weighted by molar-refractivity contribution is 5.73. The number of halogens is 1. The molecule has 220 valence electrons. The van der Waals surface area contributed by atoms with Crippen LogP contribution in [0.15, 0.2) is 18.3 Å². The Hall–Kier alpha value is -3.96. The standard InChI is InChI=1S/C29H40FN9O2/c1-17-13-24(36-37(17)7)33-26-22(38-11-12-39(18(2)16-38)28(40)41-29(4,5)6)15-31-27(35-26)34-23-14-21(20-9-8-10-20)25(30)19(3)32-23/h13-15,18,20H,8-12,16H2,1-7H3,(H2,31,32,33,34,35,36). The zero-order valence-corrected chi connectivity index (χ0v) is 25.0. The average molecular weight is 566 g/mol. The number of aromatic nitrogens is 5. The van der Waals surface area contributed by atoms with Crippen LogP contribution in [0.4, 0.5) is 38.3 Å². The normalized spacial score (nSPS) is 17.8. The van der Waals surface area contributed by atoms with E-state index in [2.05, 4.69) is 30.6 Å². The summed E-state index contributed by atoms with van der Waals surface area (Å²) < 4.78 is 22.2. The van der Waals surface area contributed by atoms with Crippen LogP contribution in [0.25, 0.3) is 0 Å². The van der Waals surface area contributed by atoms with Crippen molar-refractivity contribution in [1.82, 2.24) is 29.6 Å². The monoisotopic (exact) mass is 565 g/mol. The molecule has 2 aliphatic rings. The number of amides is 1. The molecule has 11 nitrogen and oxygen atoms in total. The second-order valence-electron chi connectivity index (χ2n) is 12.1. The van der Waals surface area contributed by atoms with Crippen molar-refractivity contribution in [2.45, 2.75) is 78.4 Å². The minimum absolute atomic E-state index is 0.0855. The van der Waals surface area contributed by atoms with Crippen LogP contribution in [0, 0.1) is 19.7 Å². The summed E-state index contributed by atoms with van der Waals surface area (Å²) in [5, 5.41) is 11.1. The van der Waals surface area contributed by atoms with Gasteiger partial charge in [0.05, 0.1) is 17.6 Å². The summed E-state index contributed by atoms with van der Waals surface area (Å²) in [6, 6.07) is 3.63. The number of anilines is 5. The quantitative estimate of drug-likeness (QED) is 0.396. The van der Waals surface area contributed by atoms with Crippen LogP contribution in [0.1, 0.15) is 69.8 Å². The molecule has 1 amide bonds. The highest BCUT2D eigenvalue weighted by Crippen LogP contribution is 2.39. The van der Waals surface area contributed by atoms with E-state index in [0.717, 1.165) is 30.6 Å². The third kappa shape index (κ3) is 6.36. The molecule has 0 radical (unpaired) electrons. The zero-order chi connectivity index (χ0) is 29.5. The fraction of sp³-hybridized carbons (Fsp3) is 0.552. The van der Waals surface area contributed by atoms with Gasteiger partial charge >= 0.3 is 6.09 Å². The predicted molar refractivity (Wildman–Crippen MR) is 157 cm³/mol. The van der Waals surface area contributed by atoms with Crippen LogP contribution < -0.4 is 15.5 Å². The summed E-state index contributed by atoms with van der Waals surface area (Å²) in [5.74, 6) is 2.06. The zero-order valence-electron chi connectivity index (χ0n) is 25.0. The van der Waals surface area contributed by atoms with Gasteiger partial charge in [-0.25, -0.2) is 19.2 Å². The van der Waals surface area contributed by atoms with Gasteiger partial charge in [-0.3, -0.25) is 4.68 Å². The molecule has 1 aliphatic heterocycles. The maximum absolute atomic E-state index is 14.8. The first kappa shape index (κ1) is 28.6. The number of rotatable bonds is 6. The van der Waals surface area contributed by atoms with Crippen molar-refractivity contribution in [3.05, 3.63) is 41.1 Å². The topological polar surface area (TPSA) is 113 Å². The van der Waals surface area contributed by atoms with Crippen LogP contribution in [-0.2, 0) is 11.8 Å². The van der Waals surface area contributed by atoms with E-state index in [9.17, 15) is 9.18 Å². The molecular weight excluding hydrogens is 525 g/mol. The average Bonchev–Trinajstić information content (AvgIpc) is 3.16. The lowest BCUT2D eigenvalue weighted by Gasteiger charge is -2.41. The summed E-state index contributed by atoms with van der Waals surface area (Å²) in [6.07, 6.45) is 4.54. The van der Waals surface area contributed by atoms with E-state index in [-0.39, 0.29) is 23.9 Å². The van der Waals surface area contributed by atoms with Gasteiger partial charge in [0.1, 0.15) is 17.2 Å². The van der Waals surface area contributed by atoms with Crippen LogP contribution in [0.3, 0.4) is 0 Å². The lowest BCUT2D eigenvalue weighted by molar-refractivity contribution is 0.0159. The van der Waals surface area contributed by atoms with Gasteiger partial charge in [0.25, 0.3) is 0 Å². The highest BCUT2D eigenvalue weighted by atomic mass is 19.1. The van der Waals surface area contributed by atoms with E-state index >= 15 is 0 Å². The van der Waals surface area contributed by atoms with Crippen molar-refractivity contribution in [3.63, 3.8) is 0 Å². The van der Waals surface area contributed by atoms with E-state index < -0.39 is 5.60 Å². The number of hydrogen-bond acceptors (Lipinski definition) is 9. The second kappa shape index (κ2) is 11.1. The van der Waals surface area contributed by atoms with Crippen molar-refractivity contribution in [1.29, 1.82) is 0 Å². The maximum Gasteiger partial charge on any atom is 0.410 e. The SMILES string of the molecule is Cc1nc(Nc2ncc(N3CCN(C(=O)OC(C)(C)C)C(C)C3)c(Nc3cc(C)n(C)n3)n2)cc(C2CCC2)c1F. The molecule has 1 aliphatic carbocycles. The number of aryl methyl sites for hydroxylation is 3. The minimum Gasteiger partial charge on any atom is -0.444 e. The van der Waals surface area contributed by atoms with Crippen molar-refractivity contribution < 1.29 is 13.9 Å². The summed E-state index contributed by atoms with van der Waals surface area (Å²) in [5.41, 5.74) is 2.28. The Bertz CT molecular complexity index is 1410. The Kier molecular flexibility index (Phi) is 7.76.